The van der Waals surface area contributed by atoms with Gasteiger partial charge in [-0.05, 0) is 37.1 Å². The van der Waals surface area contributed by atoms with Gasteiger partial charge < -0.3 is 0 Å². The highest BCUT2D eigenvalue weighted by molar-refractivity contribution is 5.40. The summed E-state index contributed by atoms with van der Waals surface area (Å²) in [7, 11) is 0. The van der Waals surface area contributed by atoms with Gasteiger partial charge in [0.1, 0.15) is 0 Å². The van der Waals surface area contributed by atoms with Gasteiger partial charge in [-0.15, -0.1) is 5.10 Å². The van der Waals surface area contributed by atoms with E-state index < -0.39 is 17.7 Å². The summed E-state index contributed by atoms with van der Waals surface area (Å²) < 4.78 is 38.6. The molecule has 0 amide bonds. The number of aromatic nitrogens is 3. The van der Waals surface area contributed by atoms with Crippen molar-refractivity contribution in [2.75, 3.05) is 0 Å². The van der Waals surface area contributed by atoms with Crippen molar-refractivity contribution in [1.82, 2.24) is 14.8 Å². The lowest BCUT2D eigenvalue weighted by molar-refractivity contribution is -0.146. The second-order valence-corrected chi connectivity index (χ2v) is 4.03. The molecule has 0 saturated heterocycles. The third-order valence-corrected chi connectivity index (χ3v) is 2.39. The maximum Gasteiger partial charge on any atom is 0.452 e. The molecule has 1 heterocycles. The third-order valence-electron chi connectivity index (χ3n) is 2.39. The van der Waals surface area contributed by atoms with E-state index in [0.29, 0.717) is 4.57 Å². The van der Waals surface area contributed by atoms with Gasteiger partial charge in [-0.25, -0.2) is 14.5 Å². The highest BCUT2D eigenvalue weighted by atomic mass is 19.4. The Kier molecular flexibility index (Phi) is 2.76. The van der Waals surface area contributed by atoms with Crippen LogP contribution in [-0.2, 0) is 6.18 Å². The highest BCUT2D eigenvalue weighted by Crippen LogP contribution is 2.28. The summed E-state index contributed by atoms with van der Waals surface area (Å²) in [5.41, 5.74) is 0.781. The second kappa shape index (κ2) is 4.01. The summed E-state index contributed by atoms with van der Waals surface area (Å²) in [5.74, 6) is -1.25. The average Bonchev–Trinajstić information content (AvgIpc) is 2.57. The summed E-state index contributed by atoms with van der Waals surface area (Å²) in [6.45, 7) is 3.49. The first-order chi connectivity index (χ1) is 8.29. The first kappa shape index (κ1) is 12.4. The van der Waals surface area contributed by atoms with Gasteiger partial charge >= 0.3 is 11.9 Å². The molecule has 0 aliphatic rings. The predicted molar refractivity (Wildman–Crippen MR) is 58.7 cm³/mol. The van der Waals surface area contributed by atoms with Crippen LogP contribution < -0.4 is 5.69 Å². The summed E-state index contributed by atoms with van der Waals surface area (Å²) in [5, 5.41) is 4.84. The molecule has 0 aliphatic heterocycles. The monoisotopic (exact) mass is 257 g/mol. The number of H-pyrrole nitrogens is 1. The third kappa shape index (κ3) is 2.15. The molecule has 18 heavy (non-hydrogen) atoms. The summed E-state index contributed by atoms with van der Waals surface area (Å²) in [6.07, 6.45) is -4.68. The maximum atomic E-state index is 12.7. The van der Waals surface area contributed by atoms with Crippen molar-refractivity contribution in [3.63, 3.8) is 0 Å². The molecule has 0 unspecified atom stereocenters. The normalized spacial score (nSPS) is 11.8. The molecular formula is C11H10F3N3O. The Labute approximate surface area is 100 Å². The van der Waals surface area contributed by atoms with Gasteiger partial charge in [0.15, 0.2) is 0 Å². The van der Waals surface area contributed by atoms with Crippen LogP contribution in [0.5, 0.6) is 0 Å². The smallest absolute Gasteiger partial charge is 0.246 e. The number of alkyl halides is 3. The zero-order chi connectivity index (χ0) is 13.5. The number of nitrogens with one attached hydrogen (secondary N) is 1. The zero-order valence-electron chi connectivity index (χ0n) is 9.67. The van der Waals surface area contributed by atoms with E-state index in [9.17, 15) is 18.0 Å². The lowest BCUT2D eigenvalue weighted by Crippen LogP contribution is -2.21. The number of hydrogen-bond donors (Lipinski definition) is 1. The number of aromatic amines is 1. The van der Waals surface area contributed by atoms with Gasteiger partial charge in [0.05, 0.1) is 5.69 Å². The molecule has 96 valence electrons. The van der Waals surface area contributed by atoms with Crippen molar-refractivity contribution in [3.8, 4) is 5.69 Å². The molecule has 2 aromatic rings. The lowest BCUT2D eigenvalue weighted by atomic mass is 10.1. The Balaban J connectivity index is 2.71. The number of hydrogen-bond acceptors (Lipinski definition) is 2. The highest BCUT2D eigenvalue weighted by Gasteiger charge is 2.38. The molecule has 2 rings (SSSR count). The molecule has 0 spiro atoms. The van der Waals surface area contributed by atoms with E-state index in [-0.39, 0.29) is 5.69 Å². The second-order valence-electron chi connectivity index (χ2n) is 4.03. The van der Waals surface area contributed by atoms with Crippen molar-refractivity contribution in [3.05, 3.63) is 45.6 Å². The van der Waals surface area contributed by atoms with Crippen molar-refractivity contribution in [2.24, 2.45) is 0 Å². The number of aryl methyl sites for hydroxylation is 2. The van der Waals surface area contributed by atoms with Gasteiger partial charge in [0.25, 0.3) is 0 Å². The largest absolute Gasteiger partial charge is 0.452 e. The van der Waals surface area contributed by atoms with Crippen molar-refractivity contribution in [1.29, 1.82) is 0 Å². The number of rotatable bonds is 1. The van der Waals surface area contributed by atoms with E-state index >= 15 is 0 Å². The van der Waals surface area contributed by atoms with Gasteiger partial charge in [0, 0.05) is 0 Å². The fourth-order valence-corrected chi connectivity index (χ4v) is 1.81. The van der Waals surface area contributed by atoms with E-state index in [2.05, 4.69) is 5.10 Å². The minimum absolute atomic E-state index is 0.151. The first-order valence-corrected chi connectivity index (χ1v) is 5.12. The zero-order valence-corrected chi connectivity index (χ0v) is 9.67. The van der Waals surface area contributed by atoms with Crippen LogP contribution in [0.2, 0.25) is 0 Å². The van der Waals surface area contributed by atoms with Crippen LogP contribution in [-0.4, -0.2) is 14.8 Å². The Bertz CT molecular complexity index is 619. The Morgan fingerprint density at radius 3 is 2.22 bits per heavy atom. The van der Waals surface area contributed by atoms with Crippen LogP contribution in [0.3, 0.4) is 0 Å². The molecule has 0 fully saturated rings. The molecule has 0 radical (unpaired) electrons. The summed E-state index contributed by atoms with van der Waals surface area (Å²) >= 11 is 0. The summed E-state index contributed by atoms with van der Waals surface area (Å²) in [4.78, 5) is 11.5. The van der Waals surface area contributed by atoms with Crippen molar-refractivity contribution >= 4 is 0 Å². The van der Waals surface area contributed by atoms with Crippen LogP contribution in [0.1, 0.15) is 17.0 Å². The van der Waals surface area contributed by atoms with Crippen LogP contribution in [0.4, 0.5) is 13.2 Å². The molecule has 1 N–H and O–H groups in total. The van der Waals surface area contributed by atoms with E-state index in [1.807, 2.05) is 11.2 Å². The van der Waals surface area contributed by atoms with Gasteiger partial charge in [-0.3, -0.25) is 0 Å². The molecule has 7 heteroatoms. The SMILES string of the molecule is Cc1cc(C)cc(-n2c(C(F)(F)F)n[nH]c2=O)c1. The number of halogens is 3. The van der Waals surface area contributed by atoms with E-state index in [4.69, 9.17) is 0 Å². The number of benzene rings is 1. The van der Waals surface area contributed by atoms with Crippen LogP contribution >= 0.6 is 0 Å². The molecule has 0 saturated carbocycles. The van der Waals surface area contributed by atoms with E-state index in [0.717, 1.165) is 11.1 Å². The van der Waals surface area contributed by atoms with Crippen LogP contribution in [0.15, 0.2) is 23.0 Å². The molecule has 0 atom stereocenters. The molecule has 0 bridgehead atoms. The minimum atomic E-state index is -4.68. The molecule has 1 aromatic heterocycles. The maximum absolute atomic E-state index is 12.7. The van der Waals surface area contributed by atoms with E-state index in [1.54, 1.807) is 13.8 Å². The minimum Gasteiger partial charge on any atom is -0.246 e. The van der Waals surface area contributed by atoms with Crippen molar-refractivity contribution in [2.45, 2.75) is 20.0 Å². The van der Waals surface area contributed by atoms with Crippen LogP contribution in [0, 0.1) is 13.8 Å². The molecule has 1 aromatic carbocycles. The number of nitrogens with zero attached hydrogens (tertiary/aromatic N) is 2. The standard InChI is InChI=1S/C11H10F3N3O/c1-6-3-7(2)5-8(4-6)17-9(11(12,13)14)15-16-10(17)18/h3-5H,1-2H3,(H,16,18). The molecule has 4 nitrogen and oxygen atoms in total. The predicted octanol–water partition coefficient (Wildman–Crippen LogP) is 2.20. The van der Waals surface area contributed by atoms with Gasteiger partial charge in [-0.2, -0.15) is 13.2 Å². The first-order valence-electron chi connectivity index (χ1n) is 5.12. The van der Waals surface area contributed by atoms with Gasteiger partial charge in [-0.1, -0.05) is 6.07 Å². The Morgan fingerprint density at radius 2 is 1.72 bits per heavy atom. The fraction of sp³-hybridized carbons (Fsp3) is 0.273. The Morgan fingerprint density at radius 1 is 1.17 bits per heavy atom. The molecular weight excluding hydrogens is 247 g/mol. The topological polar surface area (TPSA) is 50.7 Å². The quantitative estimate of drug-likeness (QED) is 0.851. The van der Waals surface area contributed by atoms with E-state index in [1.165, 1.54) is 12.1 Å². The Hall–Kier alpha value is -2.05. The average molecular weight is 257 g/mol. The van der Waals surface area contributed by atoms with Gasteiger partial charge in [0.2, 0.25) is 5.82 Å². The summed E-state index contributed by atoms with van der Waals surface area (Å²) in [6, 6.07) is 4.81. The lowest BCUT2D eigenvalue weighted by Gasteiger charge is -2.09. The molecule has 0 aliphatic carbocycles. The van der Waals surface area contributed by atoms with Crippen molar-refractivity contribution < 1.29 is 13.2 Å². The van der Waals surface area contributed by atoms with Crippen LogP contribution in [0.25, 0.3) is 5.69 Å². The fourth-order valence-electron chi connectivity index (χ4n) is 1.81.